The highest BCUT2D eigenvalue weighted by molar-refractivity contribution is 5.83. The lowest BCUT2D eigenvalue weighted by Gasteiger charge is -2.07. The Bertz CT molecular complexity index is 1310. The number of aromatic nitrogens is 3. The molecule has 0 amide bonds. The molecule has 2 aromatic heterocycles. The zero-order valence-electron chi connectivity index (χ0n) is 15.1. The molecule has 0 bridgehead atoms. The van der Waals surface area contributed by atoms with E-state index >= 15 is 0 Å². The standard InChI is InChI=1S/C20H14F2N4O3/c1-2-15-16(13-9-8-12(21)10-14(13)22)19-23-17(11-6-4-3-5-7-11)18(26(28)29)20(27)25(19)24-15/h3-10,23H,2H2,1H3. The van der Waals surface area contributed by atoms with E-state index in [9.17, 15) is 23.7 Å². The van der Waals surface area contributed by atoms with Crippen molar-refractivity contribution in [2.75, 3.05) is 0 Å². The number of halogens is 2. The minimum Gasteiger partial charge on any atom is -0.333 e. The molecule has 0 spiro atoms. The predicted molar refractivity (Wildman–Crippen MR) is 103 cm³/mol. The molecular formula is C20H14F2N4O3. The third-order valence-corrected chi connectivity index (χ3v) is 4.61. The van der Waals surface area contributed by atoms with Gasteiger partial charge in [-0.1, -0.05) is 37.3 Å². The maximum atomic E-state index is 14.5. The van der Waals surface area contributed by atoms with E-state index in [1.54, 1.807) is 37.3 Å². The van der Waals surface area contributed by atoms with E-state index in [1.165, 1.54) is 6.07 Å². The number of aryl methyl sites for hydroxylation is 1. The third-order valence-electron chi connectivity index (χ3n) is 4.61. The smallest absolute Gasteiger partial charge is 0.333 e. The monoisotopic (exact) mass is 396 g/mol. The van der Waals surface area contributed by atoms with Gasteiger partial charge in [0, 0.05) is 17.2 Å². The van der Waals surface area contributed by atoms with Gasteiger partial charge in [-0.3, -0.25) is 14.9 Å². The number of hydrogen-bond donors (Lipinski definition) is 1. The molecule has 2 heterocycles. The van der Waals surface area contributed by atoms with Gasteiger partial charge in [0.1, 0.15) is 23.0 Å². The molecule has 2 aromatic carbocycles. The second kappa shape index (κ2) is 6.93. The summed E-state index contributed by atoms with van der Waals surface area (Å²) in [6.07, 6.45) is 0.329. The van der Waals surface area contributed by atoms with Crippen molar-refractivity contribution in [3.8, 4) is 22.4 Å². The molecule has 0 saturated heterocycles. The number of hydrogen-bond acceptors (Lipinski definition) is 4. The maximum absolute atomic E-state index is 14.5. The zero-order chi connectivity index (χ0) is 20.7. The summed E-state index contributed by atoms with van der Waals surface area (Å²) in [4.78, 5) is 26.7. The van der Waals surface area contributed by atoms with E-state index in [0.717, 1.165) is 16.6 Å². The number of nitrogens with one attached hydrogen (secondary N) is 1. The largest absolute Gasteiger partial charge is 0.359 e. The van der Waals surface area contributed by atoms with Crippen molar-refractivity contribution in [2.24, 2.45) is 0 Å². The summed E-state index contributed by atoms with van der Waals surface area (Å²) in [6, 6.07) is 11.4. The van der Waals surface area contributed by atoms with Gasteiger partial charge in [0.25, 0.3) is 0 Å². The van der Waals surface area contributed by atoms with Crippen molar-refractivity contribution in [3.63, 3.8) is 0 Å². The highest BCUT2D eigenvalue weighted by Gasteiger charge is 2.28. The van der Waals surface area contributed by atoms with Crippen LogP contribution in [0.2, 0.25) is 0 Å². The molecule has 0 radical (unpaired) electrons. The average molecular weight is 396 g/mol. The fourth-order valence-corrected chi connectivity index (χ4v) is 3.32. The summed E-state index contributed by atoms with van der Waals surface area (Å²) in [5.41, 5.74) is -0.449. The molecule has 29 heavy (non-hydrogen) atoms. The molecule has 7 nitrogen and oxygen atoms in total. The molecule has 0 aliphatic carbocycles. The fraction of sp³-hybridized carbons (Fsp3) is 0.100. The highest BCUT2D eigenvalue weighted by Crippen LogP contribution is 2.33. The molecule has 0 fully saturated rings. The predicted octanol–water partition coefficient (Wildman–Crippen LogP) is 4.11. The van der Waals surface area contributed by atoms with Gasteiger partial charge in [-0.15, -0.1) is 0 Å². The van der Waals surface area contributed by atoms with E-state index in [-0.39, 0.29) is 22.5 Å². The summed E-state index contributed by atoms with van der Waals surface area (Å²) < 4.78 is 28.8. The first-order chi connectivity index (χ1) is 13.9. The Morgan fingerprint density at radius 2 is 1.90 bits per heavy atom. The first-order valence-electron chi connectivity index (χ1n) is 8.75. The van der Waals surface area contributed by atoms with Gasteiger partial charge in [0.05, 0.1) is 16.2 Å². The SMILES string of the molecule is CCc1nn2c(=O)c([N+](=O)[O-])c(-c3ccccc3)[nH]c2c1-c1ccc(F)cc1F. The van der Waals surface area contributed by atoms with E-state index in [1.807, 2.05) is 0 Å². The van der Waals surface area contributed by atoms with Crippen molar-refractivity contribution >= 4 is 11.3 Å². The first kappa shape index (κ1) is 18.5. The van der Waals surface area contributed by atoms with Gasteiger partial charge in [0.2, 0.25) is 0 Å². The number of benzene rings is 2. The lowest BCUT2D eigenvalue weighted by molar-refractivity contribution is -0.385. The summed E-state index contributed by atoms with van der Waals surface area (Å²) in [5, 5.41) is 15.8. The van der Waals surface area contributed by atoms with Crippen LogP contribution in [-0.2, 0) is 6.42 Å². The molecule has 0 saturated carbocycles. The van der Waals surface area contributed by atoms with E-state index < -0.39 is 27.8 Å². The highest BCUT2D eigenvalue weighted by atomic mass is 19.1. The van der Waals surface area contributed by atoms with Gasteiger partial charge in [-0.25, -0.2) is 8.78 Å². The Hall–Kier alpha value is -3.88. The van der Waals surface area contributed by atoms with Crippen LogP contribution in [0.4, 0.5) is 14.5 Å². The molecule has 4 rings (SSSR count). The average Bonchev–Trinajstić information content (AvgIpc) is 3.07. The van der Waals surface area contributed by atoms with Crippen LogP contribution in [0.3, 0.4) is 0 Å². The maximum Gasteiger partial charge on any atom is 0.359 e. The molecule has 0 unspecified atom stereocenters. The van der Waals surface area contributed by atoms with Crippen LogP contribution in [-0.4, -0.2) is 19.5 Å². The number of H-pyrrole nitrogens is 1. The van der Waals surface area contributed by atoms with Crippen LogP contribution < -0.4 is 5.56 Å². The summed E-state index contributed by atoms with van der Waals surface area (Å²) >= 11 is 0. The molecule has 0 aliphatic heterocycles. The lowest BCUT2D eigenvalue weighted by atomic mass is 10.0. The quantitative estimate of drug-likeness (QED) is 0.415. The van der Waals surface area contributed by atoms with Crippen LogP contribution >= 0.6 is 0 Å². The van der Waals surface area contributed by atoms with Crippen LogP contribution in [0.5, 0.6) is 0 Å². The lowest BCUT2D eigenvalue weighted by Crippen LogP contribution is -2.20. The normalized spacial score (nSPS) is 11.1. The van der Waals surface area contributed by atoms with Crippen molar-refractivity contribution in [1.82, 2.24) is 14.6 Å². The van der Waals surface area contributed by atoms with E-state index in [0.29, 0.717) is 17.7 Å². The Morgan fingerprint density at radius 3 is 2.52 bits per heavy atom. The number of nitrogens with zero attached hydrogens (tertiary/aromatic N) is 3. The zero-order valence-corrected chi connectivity index (χ0v) is 15.1. The molecule has 4 aromatic rings. The Morgan fingerprint density at radius 1 is 1.17 bits per heavy atom. The summed E-state index contributed by atoms with van der Waals surface area (Å²) in [6.45, 7) is 1.75. The van der Waals surface area contributed by atoms with Gasteiger partial charge >= 0.3 is 11.2 Å². The summed E-state index contributed by atoms with van der Waals surface area (Å²) in [5.74, 6) is -1.56. The van der Waals surface area contributed by atoms with E-state index in [4.69, 9.17) is 0 Å². The molecule has 0 aliphatic rings. The van der Waals surface area contributed by atoms with Crippen molar-refractivity contribution < 1.29 is 13.7 Å². The van der Waals surface area contributed by atoms with Crippen LogP contribution in [0.25, 0.3) is 28.0 Å². The Kier molecular flexibility index (Phi) is 4.42. The number of rotatable bonds is 4. The molecule has 146 valence electrons. The number of fused-ring (bicyclic) bond motifs is 1. The molecule has 0 atom stereocenters. The molecular weight excluding hydrogens is 382 g/mol. The van der Waals surface area contributed by atoms with Gasteiger partial charge in [-0.2, -0.15) is 9.61 Å². The van der Waals surface area contributed by atoms with Gasteiger partial charge in [0.15, 0.2) is 0 Å². The minimum atomic E-state index is -0.939. The van der Waals surface area contributed by atoms with Crippen molar-refractivity contribution in [3.05, 3.63) is 86.3 Å². The first-order valence-corrected chi connectivity index (χ1v) is 8.75. The van der Waals surface area contributed by atoms with Gasteiger partial charge in [-0.05, 0) is 18.6 Å². The van der Waals surface area contributed by atoms with Gasteiger partial charge < -0.3 is 4.98 Å². The van der Waals surface area contributed by atoms with Crippen molar-refractivity contribution in [1.29, 1.82) is 0 Å². The second-order valence-corrected chi connectivity index (χ2v) is 6.34. The summed E-state index contributed by atoms with van der Waals surface area (Å²) in [7, 11) is 0. The van der Waals surface area contributed by atoms with E-state index in [2.05, 4.69) is 10.1 Å². The van der Waals surface area contributed by atoms with Crippen LogP contribution in [0, 0.1) is 21.7 Å². The Balaban J connectivity index is 2.15. The minimum absolute atomic E-state index is 0.0144. The third kappa shape index (κ3) is 2.96. The Labute approximate surface area is 162 Å². The van der Waals surface area contributed by atoms with Crippen LogP contribution in [0.1, 0.15) is 12.6 Å². The number of aromatic amines is 1. The van der Waals surface area contributed by atoms with Crippen LogP contribution in [0.15, 0.2) is 53.3 Å². The van der Waals surface area contributed by atoms with Crippen molar-refractivity contribution in [2.45, 2.75) is 13.3 Å². The topological polar surface area (TPSA) is 93.3 Å². The molecule has 1 N–H and O–H groups in total. The second-order valence-electron chi connectivity index (χ2n) is 6.34. The molecule has 9 heteroatoms. The fourth-order valence-electron chi connectivity index (χ4n) is 3.32. The number of nitro groups is 1.